The van der Waals surface area contributed by atoms with Gasteiger partial charge in [-0.15, -0.1) is 0 Å². The lowest BCUT2D eigenvalue weighted by Gasteiger charge is -2.06. The van der Waals surface area contributed by atoms with Gasteiger partial charge in [-0.3, -0.25) is 0 Å². The molecule has 0 saturated heterocycles. The molecule has 0 heterocycles. The summed E-state index contributed by atoms with van der Waals surface area (Å²) in [6.07, 6.45) is 11.9. The van der Waals surface area contributed by atoms with Crippen LogP contribution in [-0.2, 0) is 0 Å². The molecule has 0 spiro atoms. The normalized spacial score (nSPS) is 11.2. The van der Waals surface area contributed by atoms with Crippen LogP contribution in [0.5, 0.6) is 0 Å². The number of hydrogen-bond acceptors (Lipinski definition) is 0. The highest BCUT2D eigenvalue weighted by Gasteiger charge is 1.98. The van der Waals surface area contributed by atoms with Crippen molar-refractivity contribution in [1.29, 1.82) is 0 Å². The Morgan fingerprint density at radius 3 is 1.50 bits per heavy atom. The predicted octanol–water partition coefficient (Wildman–Crippen LogP) is 6.86. The maximum atomic E-state index is 2.19. The van der Waals surface area contributed by atoms with E-state index in [4.69, 9.17) is 0 Å². The predicted molar refractivity (Wildman–Crippen MR) is 89.1 cm³/mol. The van der Waals surface area contributed by atoms with Gasteiger partial charge in [0.25, 0.3) is 0 Å². The van der Waals surface area contributed by atoms with Gasteiger partial charge in [0.05, 0.1) is 0 Å². The highest BCUT2D eigenvalue weighted by atomic mass is 14.0. The minimum absolute atomic E-state index is 1.09. The summed E-state index contributed by atoms with van der Waals surface area (Å²) in [4.78, 5) is 0. The average molecular weight is 250 g/mol. The molecule has 0 aromatic heterocycles. The molecule has 0 unspecified atom stereocenters. The van der Waals surface area contributed by atoms with Gasteiger partial charge in [0, 0.05) is 0 Å². The lowest BCUT2D eigenvalue weighted by molar-refractivity contribution is 1.22. The van der Waals surface area contributed by atoms with Crippen LogP contribution in [0.4, 0.5) is 0 Å². The van der Waals surface area contributed by atoms with E-state index in [1.165, 1.54) is 16.7 Å². The molecule has 18 heavy (non-hydrogen) atoms. The molecule has 0 atom stereocenters. The summed E-state index contributed by atoms with van der Waals surface area (Å²) in [5.41, 5.74) is 4.00. The lowest BCUT2D eigenvalue weighted by Crippen LogP contribution is -1.87. The highest BCUT2D eigenvalue weighted by molar-refractivity contribution is 5.46. The van der Waals surface area contributed by atoms with E-state index in [0.717, 1.165) is 6.42 Å². The largest absolute Gasteiger partial charge is 0.0848 e. The summed E-state index contributed by atoms with van der Waals surface area (Å²) < 4.78 is 0. The molecule has 106 valence electrons. The topological polar surface area (TPSA) is 0 Å². The van der Waals surface area contributed by atoms with Gasteiger partial charge in [0.2, 0.25) is 0 Å². The second-order valence-corrected chi connectivity index (χ2v) is 3.36. The summed E-state index contributed by atoms with van der Waals surface area (Å²) in [6, 6.07) is 0. The first-order valence-corrected chi connectivity index (χ1v) is 7.30. The van der Waals surface area contributed by atoms with Crippen molar-refractivity contribution in [2.45, 2.75) is 68.7 Å². The number of rotatable bonds is 4. The smallest absolute Gasteiger partial charge is 0.0205 e. The van der Waals surface area contributed by atoms with Crippen LogP contribution in [0, 0.1) is 0 Å². The fourth-order valence-corrected chi connectivity index (χ4v) is 1.19. The monoisotopic (exact) mass is 250 g/mol. The van der Waals surface area contributed by atoms with Gasteiger partial charge in [-0.25, -0.2) is 0 Å². The SMILES string of the molecule is C/C=C(/C)C(=C/C=C\CC)/C(C)=C\C.CC.CC. The van der Waals surface area contributed by atoms with Crippen LogP contribution in [0.25, 0.3) is 0 Å². The Labute approximate surface area is 116 Å². The van der Waals surface area contributed by atoms with E-state index in [-0.39, 0.29) is 0 Å². The summed E-state index contributed by atoms with van der Waals surface area (Å²) >= 11 is 0. The molecule has 0 saturated carbocycles. The van der Waals surface area contributed by atoms with Crippen molar-refractivity contribution in [2.75, 3.05) is 0 Å². The summed E-state index contributed by atoms with van der Waals surface area (Å²) in [7, 11) is 0. The Balaban J connectivity index is -0.000000506. The van der Waals surface area contributed by atoms with Crippen molar-refractivity contribution >= 4 is 0 Å². The van der Waals surface area contributed by atoms with Crippen LogP contribution >= 0.6 is 0 Å². The molecule has 0 radical (unpaired) electrons. The summed E-state index contributed by atoms with van der Waals surface area (Å²) in [6.45, 7) is 18.6. The molecular weight excluding hydrogens is 216 g/mol. The highest BCUT2D eigenvalue weighted by Crippen LogP contribution is 2.18. The van der Waals surface area contributed by atoms with E-state index in [9.17, 15) is 0 Å². The molecule has 0 amide bonds. The standard InChI is InChI=1S/C14H22.2C2H6/c1-6-9-10-11-14(12(4)7-2)13(5)8-3;2*1-2/h7-11H,6H2,1-5H3;2*1-2H3/b10-9-,12-7-,13-8-;;. The van der Waals surface area contributed by atoms with Crippen molar-refractivity contribution in [3.63, 3.8) is 0 Å². The Bertz CT molecular complexity index is 252. The van der Waals surface area contributed by atoms with Crippen LogP contribution in [-0.4, -0.2) is 0 Å². The third-order valence-electron chi connectivity index (χ3n) is 2.35. The van der Waals surface area contributed by atoms with Gasteiger partial charge in [-0.05, 0) is 50.8 Å². The Kier molecular flexibility index (Phi) is 22.6. The number of allylic oxidation sites excluding steroid dienone is 8. The van der Waals surface area contributed by atoms with Gasteiger partial charge in [-0.1, -0.05) is 65.0 Å². The van der Waals surface area contributed by atoms with Crippen LogP contribution in [0.1, 0.15) is 68.7 Å². The van der Waals surface area contributed by atoms with Gasteiger partial charge in [0.1, 0.15) is 0 Å². The summed E-state index contributed by atoms with van der Waals surface area (Å²) in [5, 5.41) is 0. The fourth-order valence-electron chi connectivity index (χ4n) is 1.19. The Morgan fingerprint density at radius 2 is 1.22 bits per heavy atom. The van der Waals surface area contributed by atoms with Crippen LogP contribution in [0.2, 0.25) is 0 Å². The maximum Gasteiger partial charge on any atom is -0.0205 e. The average Bonchev–Trinajstić information content (AvgIpc) is 2.46. The molecule has 0 nitrogen and oxygen atoms in total. The van der Waals surface area contributed by atoms with Crippen LogP contribution < -0.4 is 0 Å². The van der Waals surface area contributed by atoms with Crippen LogP contribution in [0.3, 0.4) is 0 Å². The quantitative estimate of drug-likeness (QED) is 0.478. The minimum atomic E-state index is 1.09. The van der Waals surface area contributed by atoms with E-state index in [1.54, 1.807) is 0 Å². The molecule has 0 bridgehead atoms. The Morgan fingerprint density at radius 1 is 0.833 bits per heavy atom. The van der Waals surface area contributed by atoms with Crippen LogP contribution in [0.15, 0.2) is 47.1 Å². The fraction of sp³-hybridized carbons (Fsp3) is 0.556. The number of hydrogen-bond donors (Lipinski definition) is 0. The first-order valence-electron chi connectivity index (χ1n) is 7.30. The lowest BCUT2D eigenvalue weighted by atomic mass is 9.99. The minimum Gasteiger partial charge on any atom is -0.0848 e. The third kappa shape index (κ3) is 11.4. The van der Waals surface area contributed by atoms with Gasteiger partial charge < -0.3 is 0 Å². The molecule has 0 aliphatic rings. The molecule has 0 rings (SSSR count). The first kappa shape index (κ1) is 22.2. The second-order valence-electron chi connectivity index (χ2n) is 3.36. The van der Waals surface area contributed by atoms with Crippen molar-refractivity contribution in [3.05, 3.63) is 47.1 Å². The molecule has 0 aliphatic heterocycles. The zero-order chi connectivity index (χ0) is 15.0. The van der Waals surface area contributed by atoms with E-state index >= 15 is 0 Å². The van der Waals surface area contributed by atoms with Crippen molar-refractivity contribution in [3.8, 4) is 0 Å². The molecule has 0 aromatic rings. The van der Waals surface area contributed by atoms with Gasteiger partial charge >= 0.3 is 0 Å². The third-order valence-corrected chi connectivity index (χ3v) is 2.35. The van der Waals surface area contributed by atoms with E-state index in [0.29, 0.717) is 0 Å². The van der Waals surface area contributed by atoms with E-state index in [1.807, 2.05) is 27.7 Å². The molecule has 0 fully saturated rings. The molecule has 0 aliphatic carbocycles. The Hall–Kier alpha value is -1.04. The van der Waals surface area contributed by atoms with Crippen molar-refractivity contribution in [1.82, 2.24) is 0 Å². The molecule has 0 N–H and O–H groups in total. The van der Waals surface area contributed by atoms with Gasteiger partial charge in [-0.2, -0.15) is 0 Å². The first-order chi connectivity index (χ1) is 8.67. The molecular formula is C18H34. The van der Waals surface area contributed by atoms with E-state index in [2.05, 4.69) is 65.0 Å². The molecule has 0 heteroatoms. The zero-order valence-corrected chi connectivity index (χ0v) is 14.1. The summed E-state index contributed by atoms with van der Waals surface area (Å²) in [5.74, 6) is 0. The van der Waals surface area contributed by atoms with Gasteiger partial charge in [0.15, 0.2) is 0 Å². The van der Waals surface area contributed by atoms with E-state index < -0.39 is 0 Å². The van der Waals surface area contributed by atoms with Crippen molar-refractivity contribution < 1.29 is 0 Å². The maximum absolute atomic E-state index is 2.19. The molecule has 0 aromatic carbocycles. The van der Waals surface area contributed by atoms with Crippen molar-refractivity contribution in [2.24, 2.45) is 0 Å². The second kappa shape index (κ2) is 18.3. The zero-order valence-electron chi connectivity index (χ0n) is 14.1.